The van der Waals surface area contributed by atoms with E-state index in [1.807, 2.05) is 0 Å². The maximum atomic E-state index is 13.4. The van der Waals surface area contributed by atoms with Crippen molar-refractivity contribution in [1.29, 1.82) is 0 Å². The molecule has 1 saturated carbocycles. The van der Waals surface area contributed by atoms with Crippen molar-refractivity contribution in [2.75, 3.05) is 6.54 Å². The summed E-state index contributed by atoms with van der Waals surface area (Å²) in [6, 6.07) is 5.49. The number of hydrogen-bond acceptors (Lipinski definition) is 5. The van der Waals surface area contributed by atoms with E-state index >= 15 is 0 Å². The van der Waals surface area contributed by atoms with Crippen molar-refractivity contribution in [1.82, 2.24) is 25.5 Å². The fourth-order valence-corrected chi connectivity index (χ4v) is 2.84. The number of tetrazole rings is 1. The monoisotopic (exact) mass is 327 g/mol. The van der Waals surface area contributed by atoms with Crippen LogP contribution in [0.15, 0.2) is 23.4 Å². The summed E-state index contributed by atoms with van der Waals surface area (Å²) in [7, 11) is 0. The van der Waals surface area contributed by atoms with Crippen LogP contribution in [0.4, 0.5) is 4.39 Å². The first-order chi connectivity index (χ1) is 10.2. The van der Waals surface area contributed by atoms with Gasteiger partial charge < -0.3 is 5.32 Å². The molecule has 0 bridgehead atoms. The normalized spacial score (nSPS) is 14.6. The molecule has 8 heteroatoms. The average molecular weight is 328 g/mol. The van der Waals surface area contributed by atoms with E-state index in [1.165, 1.54) is 30.7 Å². The van der Waals surface area contributed by atoms with Crippen LogP contribution in [0.5, 0.6) is 0 Å². The van der Waals surface area contributed by atoms with Crippen LogP contribution in [-0.4, -0.2) is 32.8 Å². The third kappa shape index (κ3) is 4.15. The van der Waals surface area contributed by atoms with Crippen molar-refractivity contribution in [3.63, 3.8) is 0 Å². The molecule has 1 aromatic heterocycles. The molecule has 1 aliphatic carbocycles. The van der Waals surface area contributed by atoms with Crippen LogP contribution in [0, 0.1) is 5.82 Å². The van der Waals surface area contributed by atoms with E-state index in [1.54, 1.807) is 16.8 Å². The van der Waals surface area contributed by atoms with Crippen molar-refractivity contribution in [3.05, 3.63) is 34.6 Å². The Morgan fingerprint density at radius 3 is 3.05 bits per heavy atom. The van der Waals surface area contributed by atoms with Crippen LogP contribution in [0.3, 0.4) is 0 Å². The molecule has 21 heavy (non-hydrogen) atoms. The van der Waals surface area contributed by atoms with E-state index in [0.717, 1.165) is 23.8 Å². The van der Waals surface area contributed by atoms with Crippen molar-refractivity contribution in [2.45, 2.75) is 36.3 Å². The molecule has 0 radical (unpaired) electrons. The summed E-state index contributed by atoms with van der Waals surface area (Å²) in [5, 5.41) is 16.0. The number of rotatable bonds is 7. The van der Waals surface area contributed by atoms with E-state index in [9.17, 15) is 4.39 Å². The van der Waals surface area contributed by atoms with Gasteiger partial charge in [-0.25, -0.2) is 9.07 Å². The average Bonchev–Trinajstić information content (AvgIpc) is 3.19. The van der Waals surface area contributed by atoms with Gasteiger partial charge in [-0.15, -0.1) is 5.10 Å². The van der Waals surface area contributed by atoms with E-state index in [4.69, 9.17) is 11.6 Å². The Balaban J connectivity index is 1.54. The van der Waals surface area contributed by atoms with Crippen LogP contribution in [-0.2, 0) is 12.3 Å². The number of benzene rings is 1. The minimum Gasteiger partial charge on any atom is -0.312 e. The second kappa shape index (κ2) is 6.72. The van der Waals surface area contributed by atoms with Gasteiger partial charge in [0.1, 0.15) is 5.82 Å². The Labute approximate surface area is 131 Å². The van der Waals surface area contributed by atoms with Crippen LogP contribution in [0.25, 0.3) is 0 Å². The Morgan fingerprint density at radius 2 is 2.29 bits per heavy atom. The maximum Gasteiger partial charge on any atom is 0.209 e. The zero-order valence-electron chi connectivity index (χ0n) is 11.3. The van der Waals surface area contributed by atoms with Gasteiger partial charge in [0.2, 0.25) is 5.16 Å². The number of nitrogens with one attached hydrogen (secondary N) is 1. The van der Waals surface area contributed by atoms with Gasteiger partial charge in [0, 0.05) is 18.3 Å². The molecule has 1 fully saturated rings. The Kier molecular flexibility index (Phi) is 4.72. The van der Waals surface area contributed by atoms with Gasteiger partial charge in [0.05, 0.1) is 11.6 Å². The summed E-state index contributed by atoms with van der Waals surface area (Å²) < 4.78 is 15.1. The second-order valence-corrected chi connectivity index (χ2v) is 6.30. The largest absolute Gasteiger partial charge is 0.312 e. The van der Waals surface area contributed by atoms with E-state index in [2.05, 4.69) is 20.8 Å². The molecular weight excluding hydrogens is 313 g/mol. The lowest BCUT2D eigenvalue weighted by Crippen LogP contribution is -2.22. The zero-order chi connectivity index (χ0) is 14.7. The first kappa shape index (κ1) is 14.7. The molecule has 1 N–H and O–H groups in total. The van der Waals surface area contributed by atoms with Crippen molar-refractivity contribution in [3.8, 4) is 0 Å². The van der Waals surface area contributed by atoms with E-state index < -0.39 is 5.82 Å². The SMILES string of the molecule is Fc1cc(CSc2nnnn2CCNC2CC2)ccc1Cl. The summed E-state index contributed by atoms with van der Waals surface area (Å²) in [5.41, 5.74) is 0.854. The van der Waals surface area contributed by atoms with E-state index in [0.29, 0.717) is 11.8 Å². The van der Waals surface area contributed by atoms with Gasteiger partial charge in [-0.3, -0.25) is 0 Å². The number of hydrogen-bond donors (Lipinski definition) is 1. The lowest BCUT2D eigenvalue weighted by atomic mass is 10.2. The summed E-state index contributed by atoms with van der Waals surface area (Å²) in [6.07, 6.45) is 2.53. The summed E-state index contributed by atoms with van der Waals surface area (Å²) in [4.78, 5) is 0. The van der Waals surface area contributed by atoms with Crippen LogP contribution in [0.1, 0.15) is 18.4 Å². The predicted molar refractivity (Wildman–Crippen MR) is 79.8 cm³/mol. The second-order valence-electron chi connectivity index (χ2n) is 4.95. The van der Waals surface area contributed by atoms with Crippen LogP contribution < -0.4 is 5.32 Å². The molecule has 0 aliphatic heterocycles. The first-order valence-corrected chi connectivity index (χ1v) is 8.15. The molecule has 0 spiro atoms. The molecule has 0 atom stereocenters. The van der Waals surface area contributed by atoms with Crippen molar-refractivity contribution >= 4 is 23.4 Å². The summed E-state index contributed by atoms with van der Waals surface area (Å²) in [6.45, 7) is 1.60. The molecule has 1 aliphatic rings. The van der Waals surface area contributed by atoms with Gasteiger partial charge in [0.15, 0.2) is 0 Å². The van der Waals surface area contributed by atoms with Gasteiger partial charge in [0.25, 0.3) is 0 Å². The number of nitrogens with zero attached hydrogens (tertiary/aromatic N) is 4. The molecule has 1 aromatic carbocycles. The van der Waals surface area contributed by atoms with Crippen molar-refractivity contribution < 1.29 is 4.39 Å². The lowest BCUT2D eigenvalue weighted by Gasteiger charge is -2.05. The third-order valence-corrected chi connectivity index (χ3v) is 4.52. The minimum atomic E-state index is -0.400. The molecule has 112 valence electrons. The predicted octanol–water partition coefficient (Wildman–Crippen LogP) is 2.51. The van der Waals surface area contributed by atoms with Gasteiger partial charge in [-0.05, 0) is 41.0 Å². The lowest BCUT2D eigenvalue weighted by molar-refractivity contribution is 0.509. The van der Waals surface area contributed by atoms with Gasteiger partial charge in [-0.2, -0.15) is 0 Å². The minimum absolute atomic E-state index is 0.139. The topological polar surface area (TPSA) is 55.6 Å². The highest BCUT2D eigenvalue weighted by Gasteiger charge is 2.20. The van der Waals surface area contributed by atoms with Crippen molar-refractivity contribution in [2.24, 2.45) is 0 Å². The first-order valence-electron chi connectivity index (χ1n) is 6.78. The summed E-state index contributed by atoms with van der Waals surface area (Å²) in [5.74, 6) is 0.202. The molecule has 3 rings (SSSR count). The number of thioether (sulfide) groups is 1. The van der Waals surface area contributed by atoms with Gasteiger partial charge >= 0.3 is 0 Å². The van der Waals surface area contributed by atoms with E-state index in [-0.39, 0.29) is 5.02 Å². The molecule has 0 saturated heterocycles. The molecule has 1 heterocycles. The fourth-order valence-electron chi connectivity index (χ4n) is 1.88. The molecule has 2 aromatic rings. The number of halogens is 2. The summed E-state index contributed by atoms with van der Waals surface area (Å²) >= 11 is 7.15. The quantitative estimate of drug-likeness (QED) is 0.792. The third-order valence-electron chi connectivity index (χ3n) is 3.18. The highest BCUT2D eigenvalue weighted by molar-refractivity contribution is 7.98. The standard InChI is InChI=1S/C13H15ClFN5S/c14-11-4-1-9(7-12(11)15)8-21-13-17-18-19-20(13)6-5-16-10-2-3-10/h1,4,7,10,16H,2-3,5-6,8H2. The fraction of sp³-hybridized carbons (Fsp3) is 0.462. The Bertz CT molecular complexity index is 616. The molecular formula is C13H15ClFN5S. The molecule has 0 unspecified atom stereocenters. The highest BCUT2D eigenvalue weighted by atomic mass is 35.5. The Morgan fingerprint density at radius 1 is 1.43 bits per heavy atom. The highest BCUT2D eigenvalue weighted by Crippen LogP contribution is 2.23. The van der Waals surface area contributed by atoms with Gasteiger partial charge in [-0.1, -0.05) is 29.4 Å². The maximum absolute atomic E-state index is 13.4. The van der Waals surface area contributed by atoms with Crippen LogP contribution >= 0.6 is 23.4 Å². The van der Waals surface area contributed by atoms with Crippen LogP contribution in [0.2, 0.25) is 5.02 Å². The zero-order valence-corrected chi connectivity index (χ0v) is 12.9. The Hall–Kier alpha value is -1.18. The smallest absolute Gasteiger partial charge is 0.209 e. The molecule has 0 amide bonds. The number of aromatic nitrogens is 4. The molecule has 5 nitrogen and oxygen atoms in total.